The van der Waals surface area contributed by atoms with Gasteiger partial charge in [-0.1, -0.05) is 12.8 Å². The first-order chi connectivity index (χ1) is 7.62. The van der Waals surface area contributed by atoms with Gasteiger partial charge in [0.1, 0.15) is 0 Å². The fourth-order valence-corrected chi connectivity index (χ4v) is 3.16. The van der Waals surface area contributed by atoms with Gasteiger partial charge >= 0.3 is 5.97 Å². The SMILES string of the molecule is COC(=O)CC(C)NCC1(SC)CCCC1. The maximum Gasteiger partial charge on any atom is 0.307 e. The number of rotatable bonds is 6. The fraction of sp³-hybridized carbons (Fsp3) is 0.917. The smallest absolute Gasteiger partial charge is 0.307 e. The lowest BCUT2D eigenvalue weighted by atomic mass is 10.1. The average Bonchev–Trinajstić information content (AvgIpc) is 2.75. The Balaban J connectivity index is 2.29. The zero-order chi connectivity index (χ0) is 12.0. The highest BCUT2D eigenvalue weighted by Crippen LogP contribution is 2.39. The third-order valence-corrected chi connectivity index (χ3v) is 4.84. The molecule has 0 aromatic rings. The summed E-state index contributed by atoms with van der Waals surface area (Å²) >= 11 is 1.97. The van der Waals surface area contributed by atoms with Crippen molar-refractivity contribution in [1.29, 1.82) is 0 Å². The quantitative estimate of drug-likeness (QED) is 0.728. The Hall–Kier alpha value is -0.220. The first-order valence-corrected chi connectivity index (χ1v) is 7.20. The summed E-state index contributed by atoms with van der Waals surface area (Å²) in [4.78, 5) is 11.1. The Morgan fingerprint density at radius 2 is 2.12 bits per heavy atom. The summed E-state index contributed by atoms with van der Waals surface area (Å²) in [5, 5.41) is 3.46. The molecule has 4 heteroatoms. The molecular formula is C12H23NO2S. The monoisotopic (exact) mass is 245 g/mol. The van der Waals surface area contributed by atoms with Crippen LogP contribution in [0.4, 0.5) is 0 Å². The number of carbonyl (C=O) groups is 1. The number of nitrogens with one attached hydrogen (secondary N) is 1. The minimum Gasteiger partial charge on any atom is -0.469 e. The summed E-state index contributed by atoms with van der Waals surface area (Å²) < 4.78 is 5.07. The van der Waals surface area contributed by atoms with Gasteiger partial charge in [-0.2, -0.15) is 11.8 Å². The van der Waals surface area contributed by atoms with Crippen LogP contribution in [0.2, 0.25) is 0 Å². The van der Waals surface area contributed by atoms with Crippen LogP contribution in [-0.4, -0.2) is 36.7 Å². The Bertz CT molecular complexity index is 227. The number of esters is 1. The molecule has 1 unspecified atom stereocenters. The van der Waals surface area contributed by atoms with Gasteiger partial charge in [-0.05, 0) is 26.0 Å². The summed E-state index contributed by atoms with van der Waals surface area (Å²) in [7, 11) is 1.44. The minimum absolute atomic E-state index is 0.135. The lowest BCUT2D eigenvalue weighted by Crippen LogP contribution is -2.40. The van der Waals surface area contributed by atoms with Gasteiger partial charge in [-0.25, -0.2) is 0 Å². The molecule has 3 nitrogen and oxygen atoms in total. The van der Waals surface area contributed by atoms with Gasteiger partial charge < -0.3 is 10.1 Å². The zero-order valence-corrected chi connectivity index (χ0v) is 11.4. The highest BCUT2D eigenvalue weighted by Gasteiger charge is 2.32. The molecule has 0 spiro atoms. The van der Waals surface area contributed by atoms with Crippen LogP contribution in [0.5, 0.6) is 0 Å². The van der Waals surface area contributed by atoms with Crippen LogP contribution < -0.4 is 5.32 Å². The van der Waals surface area contributed by atoms with Gasteiger partial charge in [-0.3, -0.25) is 4.79 Å². The van der Waals surface area contributed by atoms with E-state index in [1.165, 1.54) is 32.8 Å². The van der Waals surface area contributed by atoms with Crippen molar-refractivity contribution in [2.45, 2.75) is 49.8 Å². The maximum atomic E-state index is 11.1. The fourth-order valence-electron chi connectivity index (χ4n) is 2.24. The van der Waals surface area contributed by atoms with E-state index in [9.17, 15) is 4.79 Å². The second-order valence-corrected chi connectivity index (χ2v) is 5.93. The molecule has 1 aliphatic carbocycles. The van der Waals surface area contributed by atoms with E-state index in [1.807, 2.05) is 18.7 Å². The van der Waals surface area contributed by atoms with Crippen molar-refractivity contribution >= 4 is 17.7 Å². The van der Waals surface area contributed by atoms with E-state index in [4.69, 9.17) is 0 Å². The number of methoxy groups -OCH3 is 1. The largest absolute Gasteiger partial charge is 0.469 e. The second-order valence-electron chi connectivity index (χ2n) is 4.66. The van der Waals surface area contributed by atoms with Crippen LogP contribution in [0.1, 0.15) is 39.0 Å². The first-order valence-electron chi connectivity index (χ1n) is 5.97. The molecule has 1 aliphatic rings. The van der Waals surface area contributed by atoms with Gasteiger partial charge in [0.15, 0.2) is 0 Å². The van der Waals surface area contributed by atoms with Crippen molar-refractivity contribution in [3.05, 3.63) is 0 Å². The molecule has 0 heterocycles. The Labute approximate surface area is 103 Å². The summed E-state index contributed by atoms with van der Waals surface area (Å²) in [6.45, 7) is 3.05. The van der Waals surface area contributed by atoms with Crippen LogP contribution in [0.15, 0.2) is 0 Å². The molecule has 1 rings (SSSR count). The molecule has 0 amide bonds. The van der Waals surface area contributed by atoms with Crippen LogP contribution in [0.25, 0.3) is 0 Å². The molecule has 16 heavy (non-hydrogen) atoms. The summed E-state index contributed by atoms with van der Waals surface area (Å²) in [5.74, 6) is -0.135. The highest BCUT2D eigenvalue weighted by molar-refractivity contribution is 8.00. The summed E-state index contributed by atoms with van der Waals surface area (Å²) in [5.41, 5.74) is 0. The van der Waals surface area contributed by atoms with E-state index in [2.05, 4.69) is 16.3 Å². The molecular weight excluding hydrogens is 222 g/mol. The molecule has 0 saturated heterocycles. The number of hydrogen-bond acceptors (Lipinski definition) is 4. The molecule has 0 aromatic heterocycles. The van der Waals surface area contributed by atoms with Crippen molar-refractivity contribution in [3.63, 3.8) is 0 Å². The number of ether oxygens (including phenoxy) is 1. The first kappa shape index (κ1) is 13.8. The third-order valence-electron chi connectivity index (χ3n) is 3.42. The van der Waals surface area contributed by atoms with Crippen molar-refractivity contribution in [1.82, 2.24) is 5.32 Å². The second kappa shape index (κ2) is 6.50. The highest BCUT2D eigenvalue weighted by atomic mass is 32.2. The maximum absolute atomic E-state index is 11.1. The lowest BCUT2D eigenvalue weighted by Gasteiger charge is -2.28. The number of thioether (sulfide) groups is 1. The molecule has 0 radical (unpaired) electrons. The molecule has 1 N–H and O–H groups in total. The average molecular weight is 245 g/mol. The Morgan fingerprint density at radius 3 is 2.62 bits per heavy atom. The predicted molar refractivity (Wildman–Crippen MR) is 68.8 cm³/mol. The zero-order valence-electron chi connectivity index (χ0n) is 10.5. The normalized spacial score (nSPS) is 20.7. The van der Waals surface area contributed by atoms with Crippen LogP contribution in [-0.2, 0) is 9.53 Å². The molecule has 94 valence electrons. The molecule has 1 fully saturated rings. The van der Waals surface area contributed by atoms with Crippen LogP contribution >= 0.6 is 11.8 Å². The number of hydrogen-bond donors (Lipinski definition) is 1. The minimum atomic E-state index is -0.135. The Kier molecular flexibility index (Phi) is 5.62. The topological polar surface area (TPSA) is 38.3 Å². The Morgan fingerprint density at radius 1 is 1.50 bits per heavy atom. The van der Waals surface area contributed by atoms with E-state index in [1.54, 1.807) is 0 Å². The van der Waals surface area contributed by atoms with Gasteiger partial charge in [-0.15, -0.1) is 0 Å². The molecule has 0 aromatic carbocycles. The van der Waals surface area contributed by atoms with Gasteiger partial charge in [0, 0.05) is 17.3 Å². The third kappa shape index (κ3) is 3.98. The van der Waals surface area contributed by atoms with Gasteiger partial charge in [0.25, 0.3) is 0 Å². The van der Waals surface area contributed by atoms with E-state index >= 15 is 0 Å². The van der Waals surface area contributed by atoms with Crippen molar-refractivity contribution in [3.8, 4) is 0 Å². The molecule has 0 bridgehead atoms. The van der Waals surface area contributed by atoms with Gasteiger partial charge in [0.05, 0.1) is 13.5 Å². The molecule has 1 saturated carbocycles. The predicted octanol–water partition coefficient (Wildman–Crippen LogP) is 2.20. The standard InChI is InChI=1S/C12H23NO2S/c1-10(8-11(14)15-2)13-9-12(16-3)6-4-5-7-12/h10,13H,4-9H2,1-3H3. The van der Waals surface area contributed by atoms with E-state index < -0.39 is 0 Å². The van der Waals surface area contributed by atoms with Crippen molar-refractivity contribution in [2.24, 2.45) is 0 Å². The lowest BCUT2D eigenvalue weighted by molar-refractivity contribution is -0.141. The van der Waals surface area contributed by atoms with E-state index in [-0.39, 0.29) is 12.0 Å². The molecule has 1 atom stereocenters. The summed E-state index contributed by atoms with van der Waals surface area (Å²) in [6, 6.07) is 0.206. The van der Waals surface area contributed by atoms with Crippen molar-refractivity contribution < 1.29 is 9.53 Å². The van der Waals surface area contributed by atoms with E-state index in [0.717, 1.165) is 6.54 Å². The van der Waals surface area contributed by atoms with E-state index in [0.29, 0.717) is 11.2 Å². The van der Waals surface area contributed by atoms with Crippen LogP contribution in [0, 0.1) is 0 Å². The van der Waals surface area contributed by atoms with Gasteiger partial charge in [0.2, 0.25) is 0 Å². The number of carbonyl (C=O) groups excluding carboxylic acids is 1. The van der Waals surface area contributed by atoms with Crippen LogP contribution in [0.3, 0.4) is 0 Å². The summed E-state index contributed by atoms with van der Waals surface area (Å²) in [6.07, 6.45) is 7.93. The molecule has 0 aliphatic heterocycles. The van der Waals surface area contributed by atoms with Crippen molar-refractivity contribution in [2.75, 3.05) is 19.9 Å².